The van der Waals surface area contributed by atoms with Gasteiger partial charge in [-0.3, -0.25) is 9.59 Å². The summed E-state index contributed by atoms with van der Waals surface area (Å²) in [5.74, 6) is 0.145. The minimum absolute atomic E-state index is 0.0468. The van der Waals surface area contributed by atoms with E-state index in [1.165, 1.54) is 47.8 Å². The van der Waals surface area contributed by atoms with Crippen LogP contribution < -0.4 is 15.6 Å². The molecule has 3 aromatic rings. The van der Waals surface area contributed by atoms with E-state index in [-0.39, 0.29) is 35.3 Å². The number of hydrogen-bond acceptors (Lipinski definition) is 6. The first kappa shape index (κ1) is 24.1. The summed E-state index contributed by atoms with van der Waals surface area (Å²) in [6.45, 7) is 3.95. The first-order valence-electron chi connectivity index (χ1n) is 10.3. The lowest BCUT2D eigenvalue weighted by molar-refractivity contribution is 0.101. The normalized spacial score (nSPS) is 11.5. The molecule has 0 unspecified atom stereocenters. The molecule has 0 saturated carbocycles. The summed E-state index contributed by atoms with van der Waals surface area (Å²) in [6.07, 6.45) is 0. The van der Waals surface area contributed by atoms with Crippen LogP contribution in [0.15, 0.2) is 76.4 Å². The maximum atomic E-state index is 12.6. The third-order valence-electron chi connectivity index (χ3n) is 4.93. The van der Waals surface area contributed by atoms with E-state index in [2.05, 4.69) is 10.4 Å². The van der Waals surface area contributed by atoms with Gasteiger partial charge in [-0.25, -0.2) is 13.1 Å². The molecular formula is C23H26N4O5S. The van der Waals surface area contributed by atoms with E-state index < -0.39 is 15.9 Å². The van der Waals surface area contributed by atoms with Crippen molar-refractivity contribution >= 4 is 21.6 Å². The third-order valence-corrected chi connectivity index (χ3v) is 6.98. The van der Waals surface area contributed by atoms with E-state index in [9.17, 15) is 18.0 Å². The summed E-state index contributed by atoms with van der Waals surface area (Å²) < 4.78 is 33.1. The SMILES string of the molecule is CC(C)N(C)S(=O)(=O)c1ccc(NC(=O)c2ccc(=O)n(CCOc3ccccc3)n2)cc1. The number of benzene rings is 2. The van der Waals surface area contributed by atoms with Crippen molar-refractivity contribution in [3.8, 4) is 5.75 Å². The number of rotatable bonds is 9. The second-order valence-corrected chi connectivity index (χ2v) is 9.53. The average Bonchev–Trinajstić information content (AvgIpc) is 2.80. The zero-order valence-electron chi connectivity index (χ0n) is 18.6. The molecule has 1 aromatic heterocycles. The molecule has 0 aliphatic carbocycles. The zero-order chi connectivity index (χ0) is 24.0. The van der Waals surface area contributed by atoms with Gasteiger partial charge in [-0.1, -0.05) is 18.2 Å². The van der Waals surface area contributed by atoms with E-state index in [1.807, 2.05) is 18.2 Å². The van der Waals surface area contributed by atoms with Gasteiger partial charge in [-0.15, -0.1) is 0 Å². The fourth-order valence-electron chi connectivity index (χ4n) is 2.85. The van der Waals surface area contributed by atoms with Crippen molar-refractivity contribution in [1.82, 2.24) is 14.1 Å². The van der Waals surface area contributed by atoms with Crippen LogP contribution in [0.1, 0.15) is 24.3 Å². The average molecular weight is 471 g/mol. The molecule has 174 valence electrons. The summed E-state index contributed by atoms with van der Waals surface area (Å²) in [5.41, 5.74) is 0.0932. The Kier molecular flexibility index (Phi) is 7.62. The molecule has 33 heavy (non-hydrogen) atoms. The van der Waals surface area contributed by atoms with Gasteiger partial charge in [0.15, 0.2) is 0 Å². The van der Waals surface area contributed by atoms with Gasteiger partial charge in [0, 0.05) is 24.8 Å². The van der Waals surface area contributed by atoms with Crippen molar-refractivity contribution in [2.75, 3.05) is 19.0 Å². The van der Waals surface area contributed by atoms with Crippen molar-refractivity contribution in [2.45, 2.75) is 31.3 Å². The molecule has 9 nitrogen and oxygen atoms in total. The Morgan fingerprint density at radius 1 is 1.06 bits per heavy atom. The molecule has 0 aliphatic rings. The number of para-hydroxylation sites is 1. The number of carbonyl (C=O) groups excluding carboxylic acids is 1. The Bertz CT molecular complexity index is 1260. The number of amides is 1. The summed E-state index contributed by atoms with van der Waals surface area (Å²) in [7, 11) is -2.10. The zero-order valence-corrected chi connectivity index (χ0v) is 19.5. The first-order chi connectivity index (χ1) is 15.7. The van der Waals surface area contributed by atoms with Gasteiger partial charge in [0.2, 0.25) is 10.0 Å². The molecule has 0 spiro atoms. The Labute approximate surface area is 192 Å². The molecular weight excluding hydrogens is 444 g/mol. The molecule has 3 rings (SSSR count). The largest absolute Gasteiger partial charge is 0.492 e. The van der Waals surface area contributed by atoms with Gasteiger partial charge in [0.1, 0.15) is 18.1 Å². The monoisotopic (exact) mass is 470 g/mol. The van der Waals surface area contributed by atoms with Crippen molar-refractivity contribution in [3.05, 3.63) is 82.8 Å². The molecule has 0 aliphatic heterocycles. The van der Waals surface area contributed by atoms with Crippen molar-refractivity contribution < 1.29 is 17.9 Å². The highest BCUT2D eigenvalue weighted by Gasteiger charge is 2.23. The molecule has 0 saturated heterocycles. The fourth-order valence-corrected chi connectivity index (χ4v) is 4.21. The van der Waals surface area contributed by atoms with Crippen LogP contribution in [0.3, 0.4) is 0 Å². The van der Waals surface area contributed by atoms with Crippen LogP contribution in [0, 0.1) is 0 Å². The predicted octanol–water partition coefficient (Wildman–Crippen LogP) is 2.60. The van der Waals surface area contributed by atoms with Crippen molar-refractivity contribution in [1.29, 1.82) is 0 Å². The van der Waals surface area contributed by atoms with Gasteiger partial charge in [-0.2, -0.15) is 9.40 Å². The maximum Gasteiger partial charge on any atom is 0.276 e. The predicted molar refractivity (Wildman–Crippen MR) is 125 cm³/mol. The number of sulfonamides is 1. The highest BCUT2D eigenvalue weighted by Crippen LogP contribution is 2.19. The minimum Gasteiger partial charge on any atom is -0.492 e. The molecule has 0 atom stereocenters. The Hall–Kier alpha value is -3.50. The van der Waals surface area contributed by atoms with Crippen LogP contribution in [0.25, 0.3) is 0 Å². The van der Waals surface area contributed by atoms with Crippen LogP contribution in [-0.4, -0.2) is 48.1 Å². The molecule has 1 N–H and O–H groups in total. The molecule has 1 amide bonds. The number of anilines is 1. The van der Waals surface area contributed by atoms with E-state index in [4.69, 9.17) is 4.74 Å². The second kappa shape index (κ2) is 10.4. The lowest BCUT2D eigenvalue weighted by atomic mass is 10.3. The van der Waals surface area contributed by atoms with Crippen LogP contribution in [0.2, 0.25) is 0 Å². The fraction of sp³-hybridized carbons (Fsp3) is 0.261. The molecule has 1 heterocycles. The van der Waals surface area contributed by atoms with Gasteiger partial charge < -0.3 is 10.1 Å². The summed E-state index contributed by atoms with van der Waals surface area (Å²) in [4.78, 5) is 24.8. The Morgan fingerprint density at radius 3 is 2.36 bits per heavy atom. The number of nitrogens with one attached hydrogen (secondary N) is 1. The standard InChI is InChI=1S/C23H26N4O5S/c1-17(2)26(3)33(30,31)20-11-9-18(10-12-20)24-23(29)21-13-14-22(28)27(25-21)15-16-32-19-7-5-4-6-8-19/h4-14,17H,15-16H2,1-3H3,(H,24,29). The quantitative estimate of drug-likeness (QED) is 0.515. The van der Waals surface area contributed by atoms with Crippen LogP contribution in [0.5, 0.6) is 5.75 Å². The Morgan fingerprint density at radius 2 is 1.73 bits per heavy atom. The molecule has 0 fully saturated rings. The summed E-state index contributed by atoms with van der Waals surface area (Å²) in [6, 6.07) is 17.4. The number of hydrogen-bond donors (Lipinski definition) is 1. The van der Waals surface area contributed by atoms with Crippen LogP contribution in [-0.2, 0) is 16.6 Å². The smallest absolute Gasteiger partial charge is 0.276 e. The third kappa shape index (κ3) is 6.05. The van der Waals surface area contributed by atoms with Crippen LogP contribution >= 0.6 is 0 Å². The number of ether oxygens (including phenoxy) is 1. The van der Waals surface area contributed by atoms with Crippen molar-refractivity contribution in [2.24, 2.45) is 0 Å². The lowest BCUT2D eigenvalue weighted by Gasteiger charge is -2.21. The van der Waals surface area contributed by atoms with E-state index in [1.54, 1.807) is 26.0 Å². The minimum atomic E-state index is -3.62. The van der Waals surface area contributed by atoms with Gasteiger partial charge >= 0.3 is 0 Å². The first-order valence-corrected chi connectivity index (χ1v) is 11.8. The van der Waals surface area contributed by atoms with E-state index in [0.29, 0.717) is 11.4 Å². The lowest BCUT2D eigenvalue weighted by Crippen LogP contribution is -2.33. The van der Waals surface area contributed by atoms with Crippen molar-refractivity contribution in [3.63, 3.8) is 0 Å². The highest BCUT2D eigenvalue weighted by atomic mass is 32.2. The highest BCUT2D eigenvalue weighted by molar-refractivity contribution is 7.89. The second-order valence-electron chi connectivity index (χ2n) is 7.53. The van der Waals surface area contributed by atoms with E-state index >= 15 is 0 Å². The molecule has 0 bridgehead atoms. The van der Waals surface area contributed by atoms with E-state index in [0.717, 1.165) is 4.68 Å². The molecule has 10 heteroatoms. The molecule has 0 radical (unpaired) electrons. The molecule has 2 aromatic carbocycles. The maximum absolute atomic E-state index is 12.6. The summed E-state index contributed by atoms with van der Waals surface area (Å²) in [5, 5.41) is 6.77. The van der Waals surface area contributed by atoms with Gasteiger partial charge in [0.25, 0.3) is 11.5 Å². The topological polar surface area (TPSA) is 111 Å². The Balaban J connectivity index is 1.66. The number of carbonyl (C=O) groups is 1. The van der Waals surface area contributed by atoms with Gasteiger partial charge in [-0.05, 0) is 56.3 Å². The number of nitrogens with zero attached hydrogens (tertiary/aromatic N) is 3. The summed E-state index contributed by atoms with van der Waals surface area (Å²) >= 11 is 0. The van der Waals surface area contributed by atoms with Gasteiger partial charge in [0.05, 0.1) is 11.4 Å². The van der Waals surface area contributed by atoms with Crippen LogP contribution in [0.4, 0.5) is 5.69 Å². The number of aromatic nitrogens is 2.